The van der Waals surface area contributed by atoms with Crippen molar-refractivity contribution in [2.75, 3.05) is 24.5 Å². The number of hydrogen-bond donors (Lipinski definition) is 2. The zero-order valence-electron chi connectivity index (χ0n) is 21.6. The van der Waals surface area contributed by atoms with Crippen LogP contribution >= 0.6 is 0 Å². The Morgan fingerprint density at radius 1 is 1.20 bits per heavy atom. The number of pyridine rings is 1. The number of fused-ring (bicyclic) bond motifs is 3. The van der Waals surface area contributed by atoms with Crippen LogP contribution in [0.5, 0.6) is 11.5 Å². The number of aryl methyl sites for hydroxylation is 1. The van der Waals surface area contributed by atoms with E-state index in [0.717, 1.165) is 17.2 Å². The summed E-state index contributed by atoms with van der Waals surface area (Å²) in [7, 11) is 0. The van der Waals surface area contributed by atoms with Crippen molar-refractivity contribution < 1.29 is 13.9 Å². The number of anilines is 1. The van der Waals surface area contributed by atoms with E-state index in [2.05, 4.69) is 10.3 Å². The van der Waals surface area contributed by atoms with Crippen LogP contribution in [0.2, 0.25) is 0 Å². The molecule has 2 aromatic heterocycles. The van der Waals surface area contributed by atoms with Crippen molar-refractivity contribution in [2.24, 2.45) is 5.73 Å². The van der Waals surface area contributed by atoms with Gasteiger partial charge < -0.3 is 29.8 Å². The molecule has 1 saturated heterocycles. The summed E-state index contributed by atoms with van der Waals surface area (Å²) in [6.07, 6.45) is 8.19. The Kier molecular flexibility index (Phi) is 5.78. The molecule has 0 aliphatic carbocycles. The molecule has 1 atom stereocenters. The van der Waals surface area contributed by atoms with Gasteiger partial charge in [-0.2, -0.15) is 0 Å². The van der Waals surface area contributed by atoms with Crippen molar-refractivity contribution in [3.8, 4) is 17.2 Å². The number of amides is 1. The van der Waals surface area contributed by atoms with Crippen molar-refractivity contribution in [3.05, 3.63) is 89.0 Å². The molecule has 0 bridgehead atoms. The van der Waals surface area contributed by atoms with Gasteiger partial charge in [-0.1, -0.05) is 24.3 Å². The Hall–Kier alpha value is -4.70. The number of halogens is 1. The number of hydrogen-bond acceptors (Lipinski definition) is 6. The predicted molar refractivity (Wildman–Crippen MR) is 151 cm³/mol. The molecule has 2 aliphatic heterocycles. The first-order valence-corrected chi connectivity index (χ1v) is 13.4. The highest BCUT2D eigenvalue weighted by atomic mass is 19.1. The second-order valence-electron chi connectivity index (χ2n) is 10.3. The number of carbonyl (C=O) groups excluding carboxylic acids is 1. The fraction of sp³-hybridized carbons (Fsp3) is 0.233. The van der Waals surface area contributed by atoms with E-state index in [0.29, 0.717) is 49.6 Å². The lowest BCUT2D eigenvalue weighted by Crippen LogP contribution is -2.32. The average Bonchev–Trinajstić information content (AvgIpc) is 3.63. The summed E-state index contributed by atoms with van der Waals surface area (Å²) < 4.78 is 25.9. The standard InChI is InChI=1S/C30H27FN6O3/c31-23-14-21-26-29(27(23)36-10-6-20(32)15-36)40-25-13-19-5-2-1-4-18(19)12-24(25)37(26)16-22(28(21)38)30(39)34-7-3-9-35-11-8-33-17-35/h1-2,4-5,8,11-14,16-17,20H,3,6-7,9-10,15,32H2,(H,34,39). The van der Waals surface area contributed by atoms with Crippen molar-refractivity contribution >= 4 is 33.3 Å². The second kappa shape index (κ2) is 9.49. The Labute approximate surface area is 228 Å². The van der Waals surface area contributed by atoms with Crippen LogP contribution in [0.1, 0.15) is 23.2 Å². The molecule has 1 fully saturated rings. The smallest absolute Gasteiger partial charge is 0.256 e. The van der Waals surface area contributed by atoms with E-state index in [9.17, 15) is 9.59 Å². The van der Waals surface area contributed by atoms with Crippen LogP contribution in [0, 0.1) is 5.82 Å². The molecule has 2 aliphatic rings. The fourth-order valence-corrected chi connectivity index (χ4v) is 5.71. The van der Waals surface area contributed by atoms with Gasteiger partial charge in [-0.3, -0.25) is 9.59 Å². The van der Waals surface area contributed by atoms with Gasteiger partial charge in [-0.05, 0) is 41.8 Å². The zero-order valence-corrected chi connectivity index (χ0v) is 21.6. The minimum atomic E-state index is -0.581. The van der Waals surface area contributed by atoms with Crippen molar-refractivity contribution in [1.82, 2.24) is 19.4 Å². The average molecular weight is 539 g/mol. The lowest BCUT2D eigenvalue weighted by Gasteiger charge is -2.29. The Bertz CT molecular complexity index is 1850. The minimum Gasteiger partial charge on any atom is -0.451 e. The molecule has 5 aromatic rings. The summed E-state index contributed by atoms with van der Waals surface area (Å²) in [5.74, 6) is -0.316. The van der Waals surface area contributed by atoms with Gasteiger partial charge in [-0.15, -0.1) is 0 Å². The molecule has 0 spiro atoms. The first-order chi connectivity index (χ1) is 19.5. The molecule has 4 heterocycles. The Morgan fingerprint density at radius 2 is 2.02 bits per heavy atom. The van der Waals surface area contributed by atoms with Crippen molar-refractivity contribution in [2.45, 2.75) is 25.4 Å². The van der Waals surface area contributed by atoms with Crippen LogP contribution in [0.15, 0.2) is 72.2 Å². The number of rotatable bonds is 6. The molecular formula is C30H27FN6O3. The topological polar surface area (TPSA) is 107 Å². The van der Waals surface area contributed by atoms with E-state index in [1.54, 1.807) is 23.3 Å². The predicted octanol–water partition coefficient (Wildman–Crippen LogP) is 3.94. The summed E-state index contributed by atoms with van der Waals surface area (Å²) >= 11 is 0. The van der Waals surface area contributed by atoms with Crippen LogP contribution in [-0.4, -0.2) is 45.7 Å². The van der Waals surface area contributed by atoms with Gasteiger partial charge in [0, 0.05) is 50.8 Å². The van der Waals surface area contributed by atoms with Crippen LogP contribution in [0.4, 0.5) is 10.1 Å². The Morgan fingerprint density at radius 3 is 2.77 bits per heavy atom. The van der Waals surface area contributed by atoms with E-state index < -0.39 is 17.2 Å². The molecule has 9 nitrogen and oxygen atoms in total. The monoisotopic (exact) mass is 538 g/mol. The molecule has 1 amide bonds. The van der Waals surface area contributed by atoms with Gasteiger partial charge in [0.25, 0.3) is 5.91 Å². The van der Waals surface area contributed by atoms with Gasteiger partial charge in [-0.25, -0.2) is 9.37 Å². The van der Waals surface area contributed by atoms with Gasteiger partial charge >= 0.3 is 0 Å². The van der Waals surface area contributed by atoms with Crippen molar-refractivity contribution in [3.63, 3.8) is 0 Å². The quantitative estimate of drug-likeness (QED) is 0.311. The molecule has 0 saturated carbocycles. The maximum atomic E-state index is 15.8. The van der Waals surface area contributed by atoms with Crippen LogP contribution in [-0.2, 0) is 6.54 Å². The number of ether oxygens (including phenoxy) is 1. The van der Waals surface area contributed by atoms with E-state index in [4.69, 9.17) is 10.5 Å². The third-order valence-electron chi connectivity index (χ3n) is 7.69. The molecule has 3 aromatic carbocycles. The number of benzene rings is 3. The zero-order chi connectivity index (χ0) is 27.4. The van der Waals surface area contributed by atoms with Crippen molar-refractivity contribution in [1.29, 1.82) is 0 Å². The maximum absolute atomic E-state index is 15.8. The first-order valence-electron chi connectivity index (χ1n) is 13.4. The number of nitrogens with one attached hydrogen (secondary N) is 1. The first kappa shape index (κ1) is 24.3. The molecule has 3 N–H and O–H groups in total. The summed E-state index contributed by atoms with van der Waals surface area (Å²) in [5.41, 5.74) is 6.92. The van der Waals surface area contributed by atoms with Crippen LogP contribution in [0.3, 0.4) is 0 Å². The number of imidazole rings is 1. The largest absolute Gasteiger partial charge is 0.451 e. The highest BCUT2D eigenvalue weighted by Gasteiger charge is 2.32. The summed E-state index contributed by atoms with van der Waals surface area (Å²) in [6, 6.07) is 12.8. The van der Waals surface area contributed by atoms with Gasteiger partial charge in [0.2, 0.25) is 5.43 Å². The van der Waals surface area contributed by atoms with Crippen LogP contribution < -0.4 is 26.1 Å². The second-order valence-corrected chi connectivity index (χ2v) is 10.3. The molecule has 7 rings (SSSR count). The number of aromatic nitrogens is 3. The number of carbonyl (C=O) groups is 1. The summed E-state index contributed by atoms with van der Waals surface area (Å²) in [5, 5.41) is 4.86. The molecule has 40 heavy (non-hydrogen) atoms. The van der Waals surface area contributed by atoms with E-state index >= 15 is 4.39 Å². The highest BCUT2D eigenvalue weighted by molar-refractivity contribution is 6.02. The van der Waals surface area contributed by atoms with Gasteiger partial charge in [0.15, 0.2) is 17.3 Å². The summed E-state index contributed by atoms with van der Waals surface area (Å²) in [6.45, 7) is 2.10. The minimum absolute atomic E-state index is 0.0579. The normalized spacial score (nSPS) is 15.8. The van der Waals surface area contributed by atoms with Gasteiger partial charge in [0.05, 0.1) is 17.4 Å². The van der Waals surface area contributed by atoms with Gasteiger partial charge in [0.1, 0.15) is 16.8 Å². The van der Waals surface area contributed by atoms with E-state index in [-0.39, 0.29) is 28.4 Å². The Balaban J connectivity index is 1.37. The fourth-order valence-electron chi connectivity index (χ4n) is 5.71. The summed E-state index contributed by atoms with van der Waals surface area (Å²) in [4.78, 5) is 32.8. The van der Waals surface area contributed by atoms with Crippen LogP contribution in [0.25, 0.3) is 27.4 Å². The highest BCUT2D eigenvalue weighted by Crippen LogP contribution is 2.48. The molecule has 10 heteroatoms. The molecular weight excluding hydrogens is 511 g/mol. The third kappa shape index (κ3) is 3.99. The molecule has 0 radical (unpaired) electrons. The molecule has 202 valence electrons. The van der Waals surface area contributed by atoms with E-state index in [1.165, 1.54) is 6.07 Å². The number of nitrogens with two attached hydrogens (primary N) is 1. The SMILES string of the molecule is NC1CCN(c2c(F)cc3c(=O)c(C(=O)NCCCn4ccnc4)cn4c3c2Oc2cc3ccccc3cc2-4)C1. The molecule has 1 unspecified atom stereocenters. The lowest BCUT2D eigenvalue weighted by molar-refractivity contribution is 0.0951. The number of nitrogens with zero attached hydrogens (tertiary/aromatic N) is 4. The van der Waals surface area contributed by atoms with E-state index in [1.807, 2.05) is 52.1 Å². The lowest BCUT2D eigenvalue weighted by atomic mass is 10.0. The maximum Gasteiger partial charge on any atom is 0.256 e. The third-order valence-corrected chi connectivity index (χ3v) is 7.69.